The monoisotopic (exact) mass is 229 g/mol. The number of nitrogens with one attached hydrogen (secondary N) is 1. The highest BCUT2D eigenvalue weighted by atomic mass is 15.0. The Bertz CT molecular complexity index is 434. The van der Waals surface area contributed by atoms with Gasteiger partial charge in [-0.2, -0.15) is 5.26 Å². The van der Waals surface area contributed by atoms with Crippen LogP contribution in [0.1, 0.15) is 37.4 Å². The van der Waals surface area contributed by atoms with Crippen LogP contribution >= 0.6 is 0 Å². The van der Waals surface area contributed by atoms with Crippen molar-refractivity contribution >= 4 is 5.82 Å². The Morgan fingerprint density at radius 3 is 2.94 bits per heavy atom. The van der Waals surface area contributed by atoms with Gasteiger partial charge < -0.3 is 5.32 Å². The molecule has 0 aromatic carbocycles. The highest BCUT2D eigenvalue weighted by molar-refractivity contribution is 5.52. The number of aromatic nitrogens is 1. The second kappa shape index (κ2) is 5.18. The first-order valence-corrected chi connectivity index (χ1v) is 6.30. The summed E-state index contributed by atoms with van der Waals surface area (Å²) in [7, 11) is 0. The highest BCUT2D eigenvalue weighted by Crippen LogP contribution is 2.30. The molecule has 1 aliphatic rings. The van der Waals surface area contributed by atoms with Gasteiger partial charge in [0.2, 0.25) is 0 Å². The molecular formula is C14H19N3. The summed E-state index contributed by atoms with van der Waals surface area (Å²) in [6.45, 7) is 5.20. The summed E-state index contributed by atoms with van der Waals surface area (Å²) in [5, 5.41) is 12.3. The van der Waals surface area contributed by atoms with Gasteiger partial charge in [0, 0.05) is 12.2 Å². The first-order chi connectivity index (χ1) is 8.19. The van der Waals surface area contributed by atoms with E-state index in [2.05, 4.69) is 23.3 Å². The number of hydrogen-bond donors (Lipinski definition) is 1. The predicted octanol–water partition coefficient (Wildman–Crippen LogP) is 3.11. The predicted molar refractivity (Wildman–Crippen MR) is 68.7 cm³/mol. The molecule has 2 unspecified atom stereocenters. The SMILES string of the molecule is Cc1ccc(C#N)c(NCC2CCC(C)C2)n1. The van der Waals surface area contributed by atoms with Crippen LogP contribution in [0.3, 0.4) is 0 Å². The van der Waals surface area contributed by atoms with E-state index in [0.717, 1.165) is 29.9 Å². The van der Waals surface area contributed by atoms with Crippen LogP contribution in [0.15, 0.2) is 12.1 Å². The fraction of sp³-hybridized carbons (Fsp3) is 0.571. The quantitative estimate of drug-likeness (QED) is 0.866. The number of rotatable bonds is 3. The molecule has 1 aromatic heterocycles. The van der Waals surface area contributed by atoms with Gasteiger partial charge in [-0.1, -0.05) is 13.3 Å². The van der Waals surface area contributed by atoms with E-state index >= 15 is 0 Å². The van der Waals surface area contributed by atoms with Crippen LogP contribution in [-0.4, -0.2) is 11.5 Å². The molecule has 0 bridgehead atoms. The van der Waals surface area contributed by atoms with Gasteiger partial charge in [-0.15, -0.1) is 0 Å². The lowest BCUT2D eigenvalue weighted by molar-refractivity contribution is 0.536. The Labute approximate surface area is 103 Å². The van der Waals surface area contributed by atoms with E-state index in [1.165, 1.54) is 19.3 Å². The van der Waals surface area contributed by atoms with Crippen LogP contribution in [0, 0.1) is 30.1 Å². The molecule has 1 aromatic rings. The summed E-state index contributed by atoms with van der Waals surface area (Å²) in [6.07, 6.45) is 3.92. The van der Waals surface area contributed by atoms with Crippen LogP contribution in [0.25, 0.3) is 0 Å². The van der Waals surface area contributed by atoms with Crippen molar-refractivity contribution < 1.29 is 0 Å². The lowest BCUT2D eigenvalue weighted by Crippen LogP contribution is -2.13. The molecule has 17 heavy (non-hydrogen) atoms. The van der Waals surface area contributed by atoms with Crippen LogP contribution in [0.4, 0.5) is 5.82 Å². The average molecular weight is 229 g/mol. The van der Waals surface area contributed by atoms with Crippen molar-refractivity contribution in [3.05, 3.63) is 23.4 Å². The number of hydrogen-bond acceptors (Lipinski definition) is 3. The zero-order valence-corrected chi connectivity index (χ0v) is 10.5. The molecule has 2 atom stereocenters. The molecule has 1 saturated carbocycles. The first kappa shape index (κ1) is 11.9. The van der Waals surface area contributed by atoms with Gasteiger partial charge in [-0.3, -0.25) is 0 Å². The topological polar surface area (TPSA) is 48.7 Å². The van der Waals surface area contributed by atoms with E-state index < -0.39 is 0 Å². The largest absolute Gasteiger partial charge is 0.369 e. The molecule has 0 aliphatic heterocycles. The van der Waals surface area contributed by atoms with E-state index in [1.54, 1.807) is 0 Å². The van der Waals surface area contributed by atoms with Gasteiger partial charge in [0.1, 0.15) is 11.9 Å². The lowest BCUT2D eigenvalue weighted by atomic mass is 10.1. The van der Waals surface area contributed by atoms with Gasteiger partial charge in [0.25, 0.3) is 0 Å². The molecule has 0 saturated heterocycles. The molecule has 1 N–H and O–H groups in total. The third-order valence-corrected chi connectivity index (χ3v) is 3.52. The Hall–Kier alpha value is -1.56. The molecule has 0 spiro atoms. The molecule has 90 valence electrons. The van der Waals surface area contributed by atoms with Crippen molar-refractivity contribution in [2.24, 2.45) is 11.8 Å². The molecule has 1 fully saturated rings. The zero-order valence-electron chi connectivity index (χ0n) is 10.5. The molecule has 0 amide bonds. The highest BCUT2D eigenvalue weighted by Gasteiger charge is 2.21. The van der Waals surface area contributed by atoms with Gasteiger partial charge in [-0.05, 0) is 43.7 Å². The Morgan fingerprint density at radius 2 is 2.29 bits per heavy atom. The number of nitriles is 1. The second-order valence-electron chi connectivity index (χ2n) is 5.13. The summed E-state index contributed by atoms with van der Waals surface area (Å²) >= 11 is 0. The van der Waals surface area contributed by atoms with Crippen molar-refractivity contribution in [1.29, 1.82) is 5.26 Å². The van der Waals surface area contributed by atoms with Gasteiger partial charge in [0.05, 0.1) is 5.56 Å². The normalized spacial score (nSPS) is 23.4. The minimum atomic E-state index is 0.640. The standard InChI is InChI=1S/C14H19N3/c1-10-3-5-12(7-10)9-16-14-13(8-15)6-4-11(2)17-14/h4,6,10,12H,3,5,7,9H2,1-2H3,(H,16,17). The third kappa shape index (κ3) is 2.97. The Morgan fingerprint density at radius 1 is 1.47 bits per heavy atom. The minimum absolute atomic E-state index is 0.640. The summed E-state index contributed by atoms with van der Waals surface area (Å²) in [4.78, 5) is 4.39. The van der Waals surface area contributed by atoms with Gasteiger partial charge in [0.15, 0.2) is 0 Å². The minimum Gasteiger partial charge on any atom is -0.369 e. The van der Waals surface area contributed by atoms with E-state index in [0.29, 0.717) is 5.56 Å². The molecule has 3 heteroatoms. The van der Waals surface area contributed by atoms with Crippen molar-refractivity contribution in [2.75, 3.05) is 11.9 Å². The van der Waals surface area contributed by atoms with Crippen molar-refractivity contribution in [2.45, 2.75) is 33.1 Å². The van der Waals surface area contributed by atoms with Crippen molar-refractivity contribution in [3.8, 4) is 6.07 Å². The number of anilines is 1. The van der Waals surface area contributed by atoms with Crippen LogP contribution in [0.5, 0.6) is 0 Å². The van der Waals surface area contributed by atoms with E-state index in [1.807, 2.05) is 19.1 Å². The molecular weight excluding hydrogens is 210 g/mol. The molecule has 1 aliphatic carbocycles. The maximum atomic E-state index is 9.01. The van der Waals surface area contributed by atoms with Crippen LogP contribution in [0.2, 0.25) is 0 Å². The Kier molecular flexibility index (Phi) is 3.63. The first-order valence-electron chi connectivity index (χ1n) is 6.30. The van der Waals surface area contributed by atoms with Crippen molar-refractivity contribution in [1.82, 2.24) is 4.98 Å². The third-order valence-electron chi connectivity index (χ3n) is 3.52. The number of aryl methyl sites for hydroxylation is 1. The molecule has 2 rings (SSSR count). The lowest BCUT2D eigenvalue weighted by Gasteiger charge is -2.12. The van der Waals surface area contributed by atoms with Gasteiger partial charge in [-0.25, -0.2) is 4.98 Å². The zero-order chi connectivity index (χ0) is 12.3. The molecule has 3 nitrogen and oxygen atoms in total. The number of pyridine rings is 1. The molecule has 0 radical (unpaired) electrons. The van der Waals surface area contributed by atoms with Crippen molar-refractivity contribution in [3.63, 3.8) is 0 Å². The summed E-state index contributed by atoms with van der Waals surface area (Å²) in [5.41, 5.74) is 1.59. The second-order valence-corrected chi connectivity index (χ2v) is 5.13. The number of nitrogens with zero attached hydrogens (tertiary/aromatic N) is 2. The maximum absolute atomic E-state index is 9.01. The summed E-state index contributed by atoms with van der Waals surface area (Å²) in [6, 6.07) is 5.89. The van der Waals surface area contributed by atoms with Crippen LogP contribution < -0.4 is 5.32 Å². The van der Waals surface area contributed by atoms with Gasteiger partial charge >= 0.3 is 0 Å². The van der Waals surface area contributed by atoms with E-state index in [4.69, 9.17) is 5.26 Å². The summed E-state index contributed by atoms with van der Waals surface area (Å²) < 4.78 is 0. The fourth-order valence-corrected chi connectivity index (χ4v) is 2.53. The average Bonchev–Trinajstić information content (AvgIpc) is 2.73. The fourth-order valence-electron chi connectivity index (χ4n) is 2.53. The Balaban J connectivity index is 1.99. The van der Waals surface area contributed by atoms with Crippen LogP contribution in [-0.2, 0) is 0 Å². The smallest absolute Gasteiger partial charge is 0.144 e. The molecule has 1 heterocycles. The van der Waals surface area contributed by atoms with E-state index in [9.17, 15) is 0 Å². The maximum Gasteiger partial charge on any atom is 0.144 e. The summed E-state index contributed by atoms with van der Waals surface area (Å²) in [5.74, 6) is 2.33. The van der Waals surface area contributed by atoms with E-state index in [-0.39, 0.29) is 0 Å².